The van der Waals surface area contributed by atoms with Gasteiger partial charge in [-0.3, -0.25) is 9.48 Å². The third-order valence-corrected chi connectivity index (χ3v) is 5.96. The summed E-state index contributed by atoms with van der Waals surface area (Å²) in [5.41, 5.74) is -0.675. The second-order valence-electron chi connectivity index (χ2n) is 8.52. The molecule has 200 valence electrons. The lowest BCUT2D eigenvalue weighted by Crippen LogP contribution is -2.52. The van der Waals surface area contributed by atoms with Crippen LogP contribution >= 0.6 is 0 Å². The molecule has 0 spiro atoms. The molecule has 2 aliphatic heterocycles. The molecular formula is C21H21F6N7O3. The largest absolute Gasteiger partial charge is 0.490 e. The van der Waals surface area contributed by atoms with E-state index in [0.717, 1.165) is 42.6 Å². The number of carboxylic acids is 1. The van der Waals surface area contributed by atoms with Gasteiger partial charge in [0.2, 0.25) is 0 Å². The highest BCUT2D eigenvalue weighted by Gasteiger charge is 2.39. The van der Waals surface area contributed by atoms with Crippen molar-refractivity contribution >= 4 is 28.9 Å². The van der Waals surface area contributed by atoms with Crippen LogP contribution in [0.15, 0.2) is 30.5 Å². The van der Waals surface area contributed by atoms with Crippen LogP contribution in [0.4, 0.5) is 37.8 Å². The number of hydrogen-bond donors (Lipinski definition) is 3. The first-order chi connectivity index (χ1) is 17.3. The number of aliphatic carboxylic acids is 1. The first-order valence-corrected chi connectivity index (χ1v) is 11.0. The molecule has 2 unspecified atom stereocenters. The molecule has 1 amide bonds. The molecule has 2 aliphatic rings. The van der Waals surface area contributed by atoms with E-state index in [2.05, 4.69) is 25.7 Å². The lowest BCUT2D eigenvalue weighted by Gasteiger charge is -2.36. The van der Waals surface area contributed by atoms with Crippen molar-refractivity contribution < 1.29 is 41.0 Å². The van der Waals surface area contributed by atoms with Gasteiger partial charge in [0.1, 0.15) is 11.5 Å². The number of halogens is 6. The monoisotopic (exact) mass is 533 g/mol. The van der Waals surface area contributed by atoms with Crippen LogP contribution in [0, 0.1) is 0 Å². The van der Waals surface area contributed by atoms with Crippen LogP contribution in [0.2, 0.25) is 0 Å². The summed E-state index contributed by atoms with van der Waals surface area (Å²) in [6.07, 6.45) is -6.46. The Balaban J connectivity index is 0.000000405. The molecule has 2 bridgehead atoms. The summed E-state index contributed by atoms with van der Waals surface area (Å²) in [5, 5.41) is 20.9. The predicted octanol–water partition coefficient (Wildman–Crippen LogP) is 2.91. The fourth-order valence-corrected chi connectivity index (χ4v) is 4.42. The molecule has 3 N–H and O–H groups in total. The quantitative estimate of drug-likeness (QED) is 0.444. The molecule has 3 aromatic heterocycles. The Labute approximate surface area is 204 Å². The molecule has 10 nitrogen and oxygen atoms in total. The van der Waals surface area contributed by atoms with Crippen LogP contribution in [0.25, 0.3) is 5.52 Å². The molecule has 0 aromatic carbocycles. The summed E-state index contributed by atoms with van der Waals surface area (Å²) in [6, 6.07) is 7.77. The number of nitrogens with one attached hydrogen (secondary N) is 2. The maximum Gasteiger partial charge on any atom is 0.490 e. The first kappa shape index (κ1) is 26.2. The van der Waals surface area contributed by atoms with Gasteiger partial charge in [-0.25, -0.2) is 9.31 Å². The number of fused-ring (bicyclic) bond motifs is 3. The van der Waals surface area contributed by atoms with E-state index in [1.54, 1.807) is 12.1 Å². The third kappa shape index (κ3) is 5.47. The number of hydrogen-bond acceptors (Lipinski definition) is 6. The highest BCUT2D eigenvalue weighted by molar-refractivity contribution is 6.04. The zero-order valence-electron chi connectivity index (χ0n) is 19.1. The lowest BCUT2D eigenvalue weighted by atomic mass is 10.2. The summed E-state index contributed by atoms with van der Waals surface area (Å²) in [7, 11) is 1.37. The standard InChI is InChI=1S/C19H20F3N7O.C2HF3O2/c1-27-10-14(17(26-27)19(20,21)22)24-18(30)15-6-4-11-5-7-16(25-29(11)15)28-12-2-3-13(28)9-23-8-12;3-2(4,5)1(6)7/h4-7,10,12-13,23H,2-3,8-9H2,1H3,(H,24,30);(H,6,7). The molecule has 2 atom stereocenters. The van der Waals surface area contributed by atoms with E-state index in [1.165, 1.54) is 11.6 Å². The van der Waals surface area contributed by atoms with Gasteiger partial charge in [0.05, 0.1) is 11.2 Å². The van der Waals surface area contributed by atoms with Gasteiger partial charge in [0, 0.05) is 38.4 Å². The molecule has 2 fully saturated rings. The number of carbonyl (C=O) groups excluding carboxylic acids is 1. The second kappa shape index (κ2) is 9.57. The Kier molecular flexibility index (Phi) is 6.79. The number of carboxylic acid groups (broad SMARTS) is 1. The van der Waals surface area contributed by atoms with Crippen molar-refractivity contribution in [2.45, 2.75) is 37.3 Å². The number of piperazine rings is 1. The van der Waals surface area contributed by atoms with Crippen molar-refractivity contribution in [2.24, 2.45) is 7.05 Å². The normalized spacial score (nSPS) is 19.5. The average Bonchev–Trinajstić information content (AvgIpc) is 3.46. The third-order valence-electron chi connectivity index (χ3n) is 5.96. The molecule has 5 heterocycles. The fourth-order valence-electron chi connectivity index (χ4n) is 4.42. The van der Waals surface area contributed by atoms with Gasteiger partial charge in [-0.15, -0.1) is 5.10 Å². The SMILES string of the molecule is Cn1cc(NC(=O)c2ccc3ccc(N4C5CCC4CNC5)nn23)c(C(F)(F)F)n1.O=C(O)C(F)(F)F. The molecule has 5 rings (SSSR count). The van der Waals surface area contributed by atoms with Crippen molar-refractivity contribution in [3.8, 4) is 0 Å². The number of rotatable bonds is 3. The molecule has 0 saturated carbocycles. The number of amides is 1. The fraction of sp³-hybridized carbons (Fsp3) is 0.429. The summed E-state index contributed by atoms with van der Waals surface area (Å²) >= 11 is 0. The van der Waals surface area contributed by atoms with Crippen LogP contribution in [-0.2, 0) is 18.0 Å². The molecule has 0 radical (unpaired) electrons. The van der Waals surface area contributed by atoms with Gasteiger partial charge < -0.3 is 20.6 Å². The maximum atomic E-state index is 13.2. The molecule has 16 heteroatoms. The first-order valence-electron chi connectivity index (χ1n) is 11.0. The summed E-state index contributed by atoms with van der Waals surface area (Å²) in [4.78, 5) is 24.0. The van der Waals surface area contributed by atoms with Gasteiger partial charge >= 0.3 is 18.3 Å². The molecule has 37 heavy (non-hydrogen) atoms. The van der Waals surface area contributed by atoms with Crippen LogP contribution in [-0.4, -0.2) is 67.7 Å². The number of aryl methyl sites for hydroxylation is 1. The van der Waals surface area contributed by atoms with Crippen LogP contribution in [0.3, 0.4) is 0 Å². The molecular weight excluding hydrogens is 512 g/mol. The van der Waals surface area contributed by atoms with E-state index in [-0.39, 0.29) is 11.4 Å². The van der Waals surface area contributed by atoms with Crippen molar-refractivity contribution in [2.75, 3.05) is 23.3 Å². The Morgan fingerprint density at radius 3 is 2.19 bits per heavy atom. The molecule has 0 aliphatic carbocycles. The van der Waals surface area contributed by atoms with Gasteiger partial charge in [0.25, 0.3) is 5.91 Å². The minimum Gasteiger partial charge on any atom is -0.475 e. The predicted molar refractivity (Wildman–Crippen MR) is 117 cm³/mol. The number of anilines is 2. The summed E-state index contributed by atoms with van der Waals surface area (Å²) in [5.74, 6) is -2.67. The highest BCUT2D eigenvalue weighted by atomic mass is 19.4. The van der Waals surface area contributed by atoms with Gasteiger partial charge in [-0.05, 0) is 37.1 Å². The van der Waals surface area contributed by atoms with E-state index in [0.29, 0.717) is 17.6 Å². The van der Waals surface area contributed by atoms with Crippen molar-refractivity contribution in [3.63, 3.8) is 0 Å². The van der Waals surface area contributed by atoms with Crippen molar-refractivity contribution in [3.05, 3.63) is 41.9 Å². The van der Waals surface area contributed by atoms with E-state index in [1.807, 2.05) is 12.1 Å². The smallest absolute Gasteiger partial charge is 0.475 e. The Morgan fingerprint density at radius 2 is 1.62 bits per heavy atom. The summed E-state index contributed by atoms with van der Waals surface area (Å²) in [6.45, 7) is 1.77. The van der Waals surface area contributed by atoms with Crippen molar-refractivity contribution in [1.29, 1.82) is 0 Å². The number of carbonyl (C=O) groups is 2. The van der Waals surface area contributed by atoms with Crippen molar-refractivity contribution in [1.82, 2.24) is 24.7 Å². The summed E-state index contributed by atoms with van der Waals surface area (Å²) < 4.78 is 73.8. The highest BCUT2D eigenvalue weighted by Crippen LogP contribution is 2.34. The van der Waals surface area contributed by atoms with Gasteiger partial charge in [-0.2, -0.15) is 31.4 Å². The van der Waals surface area contributed by atoms with E-state index in [9.17, 15) is 31.1 Å². The Hall–Kier alpha value is -3.82. The lowest BCUT2D eigenvalue weighted by molar-refractivity contribution is -0.192. The minimum absolute atomic E-state index is 0.159. The Bertz CT molecular complexity index is 1300. The Morgan fingerprint density at radius 1 is 1.03 bits per heavy atom. The molecule has 2 saturated heterocycles. The van der Waals surface area contributed by atoms with Gasteiger partial charge in [-0.1, -0.05) is 0 Å². The van der Waals surface area contributed by atoms with E-state index < -0.39 is 29.9 Å². The van der Waals surface area contributed by atoms with Crippen LogP contribution in [0.1, 0.15) is 29.0 Å². The average molecular weight is 533 g/mol. The van der Waals surface area contributed by atoms with E-state index in [4.69, 9.17) is 9.90 Å². The molecule has 3 aromatic rings. The van der Waals surface area contributed by atoms with E-state index >= 15 is 0 Å². The second-order valence-corrected chi connectivity index (χ2v) is 8.52. The minimum atomic E-state index is -5.08. The van der Waals surface area contributed by atoms with Crippen LogP contribution < -0.4 is 15.5 Å². The van der Waals surface area contributed by atoms with Crippen LogP contribution in [0.5, 0.6) is 0 Å². The maximum absolute atomic E-state index is 13.2. The zero-order chi connectivity index (χ0) is 27.1. The van der Waals surface area contributed by atoms with Gasteiger partial charge in [0.15, 0.2) is 5.69 Å². The number of aromatic nitrogens is 4. The number of nitrogens with zero attached hydrogens (tertiary/aromatic N) is 5. The number of alkyl halides is 6. The topological polar surface area (TPSA) is 117 Å². The zero-order valence-corrected chi connectivity index (χ0v) is 19.1.